The minimum absolute atomic E-state index is 0.224. The Kier molecular flexibility index (Phi) is 4.77. The van der Waals surface area contributed by atoms with Crippen LogP contribution in [0.5, 0.6) is 0 Å². The van der Waals surface area contributed by atoms with E-state index in [0.717, 1.165) is 26.1 Å². The van der Waals surface area contributed by atoms with E-state index in [9.17, 15) is 8.42 Å². The second-order valence-corrected chi connectivity index (χ2v) is 7.54. The molecule has 4 nitrogen and oxygen atoms in total. The number of fused-ring (bicyclic) bond motifs is 1. The molecule has 0 saturated heterocycles. The highest BCUT2D eigenvalue weighted by molar-refractivity contribution is 7.89. The second kappa shape index (κ2) is 6.14. The van der Waals surface area contributed by atoms with Gasteiger partial charge in [0.2, 0.25) is 10.0 Å². The van der Waals surface area contributed by atoms with Crippen molar-refractivity contribution >= 4 is 21.4 Å². The number of rotatable bonds is 6. The smallest absolute Gasteiger partial charge is 0.211 e. The number of nitrogens with one attached hydrogen (secondary N) is 1. The lowest BCUT2D eigenvalue weighted by Crippen LogP contribution is -2.38. The van der Waals surface area contributed by atoms with Gasteiger partial charge in [0.1, 0.15) is 0 Å². The van der Waals surface area contributed by atoms with Crippen molar-refractivity contribution in [3.05, 3.63) is 21.9 Å². The molecule has 2 heterocycles. The van der Waals surface area contributed by atoms with E-state index in [4.69, 9.17) is 0 Å². The van der Waals surface area contributed by atoms with Gasteiger partial charge in [0.15, 0.2) is 0 Å². The zero-order valence-electron chi connectivity index (χ0n) is 10.7. The van der Waals surface area contributed by atoms with Crippen LogP contribution in [0.1, 0.15) is 23.8 Å². The fourth-order valence-electron chi connectivity index (χ4n) is 2.20. The van der Waals surface area contributed by atoms with Crippen LogP contribution in [-0.4, -0.2) is 38.7 Å². The van der Waals surface area contributed by atoms with Gasteiger partial charge in [-0.3, -0.25) is 4.90 Å². The molecule has 1 aromatic rings. The molecule has 0 amide bonds. The Labute approximate surface area is 113 Å². The molecule has 102 valence electrons. The molecule has 0 aromatic carbocycles. The van der Waals surface area contributed by atoms with Crippen LogP contribution in [0.25, 0.3) is 0 Å². The van der Waals surface area contributed by atoms with Crippen molar-refractivity contribution in [1.82, 2.24) is 9.62 Å². The standard InChI is InChI=1S/C12H20N2O2S2/c1-2-9-18(15,16)13-5-7-14-6-3-12-11(10-14)4-8-17-12/h4,8,13H,2-3,5-7,9-10H2,1H3. The molecule has 0 unspecified atom stereocenters. The van der Waals surface area contributed by atoms with Crippen LogP contribution < -0.4 is 4.72 Å². The molecule has 18 heavy (non-hydrogen) atoms. The summed E-state index contributed by atoms with van der Waals surface area (Å²) in [5, 5.41) is 2.14. The molecule has 1 aliphatic rings. The summed E-state index contributed by atoms with van der Waals surface area (Å²) in [6, 6.07) is 2.17. The molecule has 1 N–H and O–H groups in total. The molecule has 2 rings (SSSR count). The molecule has 0 spiro atoms. The normalized spacial score (nSPS) is 16.7. The average molecular weight is 288 g/mol. The summed E-state index contributed by atoms with van der Waals surface area (Å²) in [5.74, 6) is 0.224. The Morgan fingerprint density at radius 1 is 1.50 bits per heavy atom. The topological polar surface area (TPSA) is 49.4 Å². The van der Waals surface area contributed by atoms with E-state index in [0.29, 0.717) is 13.0 Å². The van der Waals surface area contributed by atoms with Gasteiger partial charge in [-0.05, 0) is 29.9 Å². The quantitative estimate of drug-likeness (QED) is 0.861. The summed E-state index contributed by atoms with van der Waals surface area (Å²) in [4.78, 5) is 3.79. The van der Waals surface area contributed by atoms with Crippen LogP contribution in [0.2, 0.25) is 0 Å². The summed E-state index contributed by atoms with van der Waals surface area (Å²) in [5.41, 5.74) is 1.41. The highest BCUT2D eigenvalue weighted by Gasteiger charge is 2.17. The molecule has 6 heteroatoms. The van der Waals surface area contributed by atoms with Crippen molar-refractivity contribution in [3.8, 4) is 0 Å². The third-order valence-corrected chi connectivity index (χ3v) is 5.72. The van der Waals surface area contributed by atoms with Crippen LogP contribution in [0.3, 0.4) is 0 Å². The van der Waals surface area contributed by atoms with Gasteiger partial charge in [0, 0.05) is 31.1 Å². The summed E-state index contributed by atoms with van der Waals surface area (Å²) in [6.45, 7) is 5.17. The van der Waals surface area contributed by atoms with Crippen LogP contribution in [0, 0.1) is 0 Å². The summed E-state index contributed by atoms with van der Waals surface area (Å²) in [6.07, 6.45) is 1.76. The molecular weight excluding hydrogens is 268 g/mol. The van der Waals surface area contributed by atoms with Gasteiger partial charge >= 0.3 is 0 Å². The molecule has 0 aliphatic carbocycles. The maximum Gasteiger partial charge on any atom is 0.211 e. The van der Waals surface area contributed by atoms with E-state index >= 15 is 0 Å². The zero-order valence-corrected chi connectivity index (χ0v) is 12.3. The van der Waals surface area contributed by atoms with E-state index < -0.39 is 10.0 Å². The lowest BCUT2D eigenvalue weighted by atomic mass is 10.1. The lowest BCUT2D eigenvalue weighted by molar-refractivity contribution is 0.260. The van der Waals surface area contributed by atoms with Crippen LogP contribution in [0.15, 0.2) is 11.4 Å². The first-order valence-corrected chi connectivity index (χ1v) is 8.89. The Balaban J connectivity index is 1.76. The van der Waals surface area contributed by atoms with Crippen molar-refractivity contribution in [2.45, 2.75) is 26.3 Å². The number of sulfonamides is 1. The third kappa shape index (κ3) is 3.78. The molecule has 0 fully saturated rings. The van der Waals surface area contributed by atoms with Gasteiger partial charge in [0.25, 0.3) is 0 Å². The maximum absolute atomic E-state index is 11.5. The van der Waals surface area contributed by atoms with E-state index in [-0.39, 0.29) is 5.75 Å². The first-order chi connectivity index (χ1) is 8.61. The third-order valence-electron chi connectivity index (χ3n) is 3.11. The first-order valence-electron chi connectivity index (χ1n) is 6.35. The predicted molar refractivity (Wildman–Crippen MR) is 75.4 cm³/mol. The lowest BCUT2D eigenvalue weighted by Gasteiger charge is -2.26. The molecular formula is C12H20N2O2S2. The van der Waals surface area contributed by atoms with E-state index in [1.165, 1.54) is 10.4 Å². The van der Waals surface area contributed by atoms with E-state index in [2.05, 4.69) is 21.1 Å². The minimum atomic E-state index is -3.06. The maximum atomic E-state index is 11.5. The molecule has 1 aromatic heterocycles. The number of hydrogen-bond acceptors (Lipinski definition) is 4. The number of thiophene rings is 1. The predicted octanol–water partition coefficient (Wildman–Crippen LogP) is 1.44. The average Bonchev–Trinajstić information content (AvgIpc) is 2.75. The zero-order chi connectivity index (χ0) is 13.0. The molecule has 1 aliphatic heterocycles. The first kappa shape index (κ1) is 14.0. The molecule has 0 bridgehead atoms. The fourth-order valence-corrected chi connectivity index (χ4v) is 4.17. The Bertz CT molecular complexity index is 482. The van der Waals surface area contributed by atoms with E-state index in [1.54, 1.807) is 0 Å². The van der Waals surface area contributed by atoms with Crippen LogP contribution >= 0.6 is 11.3 Å². The second-order valence-electron chi connectivity index (χ2n) is 4.61. The van der Waals surface area contributed by atoms with E-state index in [1.807, 2.05) is 18.3 Å². The molecule has 0 radical (unpaired) electrons. The molecule has 0 atom stereocenters. The summed E-state index contributed by atoms with van der Waals surface area (Å²) < 4.78 is 25.7. The van der Waals surface area contributed by atoms with Gasteiger partial charge in [-0.25, -0.2) is 13.1 Å². The fraction of sp³-hybridized carbons (Fsp3) is 0.667. The van der Waals surface area contributed by atoms with Crippen LogP contribution in [-0.2, 0) is 23.0 Å². The van der Waals surface area contributed by atoms with Gasteiger partial charge in [0.05, 0.1) is 5.75 Å². The SMILES string of the molecule is CCCS(=O)(=O)NCCN1CCc2sccc2C1. The van der Waals surface area contributed by atoms with Crippen molar-refractivity contribution < 1.29 is 8.42 Å². The Morgan fingerprint density at radius 3 is 3.11 bits per heavy atom. The number of hydrogen-bond donors (Lipinski definition) is 1. The summed E-state index contributed by atoms with van der Waals surface area (Å²) >= 11 is 1.82. The van der Waals surface area contributed by atoms with Gasteiger partial charge < -0.3 is 0 Å². The van der Waals surface area contributed by atoms with Crippen molar-refractivity contribution in [2.24, 2.45) is 0 Å². The van der Waals surface area contributed by atoms with Gasteiger partial charge in [-0.2, -0.15) is 0 Å². The Hall–Kier alpha value is -0.430. The van der Waals surface area contributed by atoms with Gasteiger partial charge in [-0.15, -0.1) is 11.3 Å². The van der Waals surface area contributed by atoms with Gasteiger partial charge in [-0.1, -0.05) is 6.92 Å². The highest BCUT2D eigenvalue weighted by Crippen LogP contribution is 2.23. The van der Waals surface area contributed by atoms with Crippen molar-refractivity contribution in [3.63, 3.8) is 0 Å². The largest absolute Gasteiger partial charge is 0.297 e. The molecule has 0 saturated carbocycles. The number of nitrogens with zero attached hydrogens (tertiary/aromatic N) is 1. The van der Waals surface area contributed by atoms with Crippen molar-refractivity contribution in [2.75, 3.05) is 25.4 Å². The van der Waals surface area contributed by atoms with Crippen molar-refractivity contribution in [1.29, 1.82) is 0 Å². The van der Waals surface area contributed by atoms with Crippen LogP contribution in [0.4, 0.5) is 0 Å². The highest BCUT2D eigenvalue weighted by atomic mass is 32.2. The monoisotopic (exact) mass is 288 g/mol. The minimum Gasteiger partial charge on any atom is -0.297 e. The summed E-state index contributed by atoms with van der Waals surface area (Å²) in [7, 11) is -3.06. The Morgan fingerprint density at radius 2 is 2.33 bits per heavy atom.